The van der Waals surface area contributed by atoms with Crippen LogP contribution in [-0.4, -0.2) is 42.2 Å². The van der Waals surface area contributed by atoms with E-state index in [0.29, 0.717) is 11.7 Å². The van der Waals surface area contributed by atoms with E-state index in [2.05, 4.69) is 32.3 Å². The Kier molecular flexibility index (Phi) is 5.71. The molecule has 0 aliphatic carbocycles. The predicted molar refractivity (Wildman–Crippen MR) is 109 cm³/mol. The molecular formula is C21H27N5O2. The number of primary amides is 1. The Morgan fingerprint density at radius 2 is 1.82 bits per heavy atom. The zero-order valence-electron chi connectivity index (χ0n) is 16.1. The smallest absolute Gasteiger partial charge is 0.271 e. The fourth-order valence-corrected chi connectivity index (χ4v) is 3.93. The van der Waals surface area contributed by atoms with E-state index in [1.807, 2.05) is 12.1 Å². The number of piperidine rings is 1. The number of nitrogens with two attached hydrogens (primary N) is 1. The summed E-state index contributed by atoms with van der Waals surface area (Å²) in [4.78, 5) is 23.0. The Morgan fingerprint density at radius 1 is 1.11 bits per heavy atom. The first-order valence-corrected chi connectivity index (χ1v) is 10.1. The lowest BCUT2D eigenvalue weighted by molar-refractivity contribution is 0.0853. The van der Waals surface area contributed by atoms with Crippen molar-refractivity contribution in [2.75, 3.05) is 36.5 Å². The fraction of sp³-hybridized carbons (Fsp3) is 0.476. The third-order valence-corrected chi connectivity index (χ3v) is 5.54. The molecular weight excluding hydrogens is 354 g/mol. The van der Waals surface area contributed by atoms with E-state index >= 15 is 0 Å². The lowest BCUT2D eigenvalue weighted by Gasteiger charge is -2.28. The molecule has 2 aliphatic rings. The standard InChI is InChI=1S/C21H27N5O2/c22-20(27)19-21(25-18(14-23-19)26-10-2-1-3-11-26)24-17-6-4-15(5-7-17)16-8-12-28-13-9-16/h4-7,14,16H,1-3,8-13H2,(H2,22,27)(H,24,25). The second kappa shape index (κ2) is 8.56. The Balaban J connectivity index is 1.54. The van der Waals surface area contributed by atoms with Crippen molar-refractivity contribution >= 4 is 23.2 Å². The van der Waals surface area contributed by atoms with Crippen molar-refractivity contribution in [2.45, 2.75) is 38.0 Å². The number of nitrogens with zero attached hydrogens (tertiary/aromatic N) is 3. The molecule has 2 aliphatic heterocycles. The van der Waals surface area contributed by atoms with Gasteiger partial charge in [0.25, 0.3) is 5.91 Å². The van der Waals surface area contributed by atoms with Crippen molar-refractivity contribution in [3.05, 3.63) is 41.7 Å². The summed E-state index contributed by atoms with van der Waals surface area (Å²) >= 11 is 0. The van der Waals surface area contributed by atoms with Gasteiger partial charge in [0, 0.05) is 32.0 Å². The molecule has 4 rings (SSSR count). The van der Waals surface area contributed by atoms with E-state index in [1.54, 1.807) is 6.20 Å². The van der Waals surface area contributed by atoms with Crippen LogP contribution < -0.4 is 16.0 Å². The quantitative estimate of drug-likeness (QED) is 0.826. The van der Waals surface area contributed by atoms with Gasteiger partial charge in [0.2, 0.25) is 0 Å². The maximum atomic E-state index is 11.8. The molecule has 0 bridgehead atoms. The second-order valence-corrected chi connectivity index (χ2v) is 7.47. The van der Waals surface area contributed by atoms with Crippen molar-refractivity contribution < 1.29 is 9.53 Å². The van der Waals surface area contributed by atoms with E-state index in [0.717, 1.165) is 63.5 Å². The van der Waals surface area contributed by atoms with Crippen LogP contribution in [0.15, 0.2) is 30.5 Å². The van der Waals surface area contributed by atoms with Crippen LogP contribution in [0, 0.1) is 0 Å². The first kappa shape index (κ1) is 18.7. The van der Waals surface area contributed by atoms with Gasteiger partial charge >= 0.3 is 0 Å². The Labute approximate surface area is 165 Å². The van der Waals surface area contributed by atoms with Crippen LogP contribution in [-0.2, 0) is 4.74 Å². The van der Waals surface area contributed by atoms with Crippen molar-refractivity contribution in [2.24, 2.45) is 5.73 Å². The molecule has 148 valence electrons. The second-order valence-electron chi connectivity index (χ2n) is 7.47. The highest BCUT2D eigenvalue weighted by atomic mass is 16.5. The number of amides is 1. The Bertz CT molecular complexity index is 812. The maximum absolute atomic E-state index is 11.8. The predicted octanol–water partition coefficient (Wildman–Crippen LogP) is 3.20. The summed E-state index contributed by atoms with van der Waals surface area (Å²) in [6.45, 7) is 3.57. The Morgan fingerprint density at radius 3 is 2.50 bits per heavy atom. The molecule has 28 heavy (non-hydrogen) atoms. The zero-order chi connectivity index (χ0) is 19.3. The first-order chi connectivity index (χ1) is 13.7. The minimum absolute atomic E-state index is 0.161. The van der Waals surface area contributed by atoms with Crippen LogP contribution in [0.2, 0.25) is 0 Å². The molecule has 1 aromatic carbocycles. The number of aromatic nitrogens is 2. The van der Waals surface area contributed by atoms with Gasteiger partial charge in [-0.05, 0) is 55.7 Å². The summed E-state index contributed by atoms with van der Waals surface area (Å²) in [5.74, 6) is 1.16. The summed E-state index contributed by atoms with van der Waals surface area (Å²) < 4.78 is 5.45. The minimum atomic E-state index is -0.584. The summed E-state index contributed by atoms with van der Waals surface area (Å²) in [6, 6.07) is 8.30. The summed E-state index contributed by atoms with van der Waals surface area (Å²) in [6.07, 6.45) is 7.30. The van der Waals surface area contributed by atoms with Gasteiger partial charge in [0.1, 0.15) is 5.82 Å². The van der Waals surface area contributed by atoms with Gasteiger partial charge in [-0.15, -0.1) is 0 Å². The highest BCUT2D eigenvalue weighted by Gasteiger charge is 2.19. The Hall–Kier alpha value is -2.67. The molecule has 0 spiro atoms. The maximum Gasteiger partial charge on any atom is 0.271 e. The molecule has 2 saturated heterocycles. The fourth-order valence-electron chi connectivity index (χ4n) is 3.93. The van der Waals surface area contributed by atoms with E-state index in [1.165, 1.54) is 12.0 Å². The third kappa shape index (κ3) is 4.25. The van der Waals surface area contributed by atoms with Crippen molar-refractivity contribution in [1.29, 1.82) is 0 Å². The van der Waals surface area contributed by atoms with Gasteiger partial charge in [-0.2, -0.15) is 0 Å². The first-order valence-electron chi connectivity index (χ1n) is 10.1. The number of benzene rings is 1. The number of anilines is 3. The molecule has 2 aromatic rings. The van der Waals surface area contributed by atoms with Crippen molar-refractivity contribution in [3.8, 4) is 0 Å². The van der Waals surface area contributed by atoms with Gasteiger partial charge in [-0.1, -0.05) is 12.1 Å². The van der Waals surface area contributed by atoms with Gasteiger partial charge < -0.3 is 20.7 Å². The molecule has 0 radical (unpaired) electrons. The number of hydrogen-bond donors (Lipinski definition) is 2. The van der Waals surface area contributed by atoms with Crippen LogP contribution in [0.4, 0.5) is 17.3 Å². The van der Waals surface area contributed by atoms with Gasteiger partial charge in [0.15, 0.2) is 11.5 Å². The molecule has 2 fully saturated rings. The number of carbonyl (C=O) groups excluding carboxylic acids is 1. The van der Waals surface area contributed by atoms with Gasteiger partial charge in [-0.25, -0.2) is 9.97 Å². The summed E-state index contributed by atoms with van der Waals surface area (Å²) in [5, 5.41) is 3.24. The molecule has 3 N–H and O–H groups in total. The SMILES string of the molecule is NC(=O)c1ncc(N2CCCCC2)nc1Nc1ccc(C2CCOCC2)cc1. The average molecular weight is 381 g/mol. The van der Waals surface area contributed by atoms with E-state index in [4.69, 9.17) is 10.5 Å². The lowest BCUT2D eigenvalue weighted by Crippen LogP contribution is -2.31. The minimum Gasteiger partial charge on any atom is -0.381 e. The molecule has 1 amide bonds. The van der Waals surface area contributed by atoms with Crippen LogP contribution in [0.1, 0.15) is 54.1 Å². The molecule has 0 unspecified atom stereocenters. The molecule has 3 heterocycles. The highest BCUT2D eigenvalue weighted by Crippen LogP contribution is 2.29. The molecule has 0 saturated carbocycles. The lowest BCUT2D eigenvalue weighted by atomic mass is 9.92. The number of hydrogen-bond acceptors (Lipinski definition) is 6. The molecule has 0 atom stereocenters. The van der Waals surface area contributed by atoms with E-state index in [-0.39, 0.29) is 5.69 Å². The van der Waals surface area contributed by atoms with Crippen LogP contribution in [0.3, 0.4) is 0 Å². The normalized spacial score (nSPS) is 18.1. The summed E-state index contributed by atoms with van der Waals surface area (Å²) in [5.41, 5.74) is 7.85. The monoisotopic (exact) mass is 381 g/mol. The zero-order valence-corrected chi connectivity index (χ0v) is 16.1. The average Bonchev–Trinajstić information content (AvgIpc) is 2.75. The molecule has 7 heteroatoms. The van der Waals surface area contributed by atoms with E-state index < -0.39 is 5.91 Å². The van der Waals surface area contributed by atoms with E-state index in [9.17, 15) is 4.79 Å². The largest absolute Gasteiger partial charge is 0.381 e. The number of rotatable bonds is 5. The van der Waals surface area contributed by atoms with Crippen LogP contribution >= 0.6 is 0 Å². The number of nitrogens with one attached hydrogen (secondary N) is 1. The number of ether oxygens (including phenoxy) is 1. The van der Waals surface area contributed by atoms with Gasteiger partial charge in [0.05, 0.1) is 6.20 Å². The van der Waals surface area contributed by atoms with Crippen molar-refractivity contribution in [3.63, 3.8) is 0 Å². The van der Waals surface area contributed by atoms with Crippen LogP contribution in [0.5, 0.6) is 0 Å². The number of carbonyl (C=O) groups is 1. The highest BCUT2D eigenvalue weighted by molar-refractivity contribution is 5.96. The molecule has 7 nitrogen and oxygen atoms in total. The topological polar surface area (TPSA) is 93.4 Å². The van der Waals surface area contributed by atoms with Crippen LogP contribution in [0.25, 0.3) is 0 Å². The van der Waals surface area contributed by atoms with Gasteiger partial charge in [-0.3, -0.25) is 4.79 Å². The third-order valence-electron chi connectivity index (χ3n) is 5.54. The summed E-state index contributed by atoms with van der Waals surface area (Å²) in [7, 11) is 0. The van der Waals surface area contributed by atoms with Crippen molar-refractivity contribution in [1.82, 2.24) is 9.97 Å². The molecule has 1 aromatic heterocycles.